The number of pyridine rings is 2. The molecule has 1 unspecified atom stereocenters. The molecule has 7 nitrogen and oxygen atoms in total. The van der Waals surface area contributed by atoms with E-state index < -0.39 is 11.8 Å². The second kappa shape index (κ2) is 8.10. The van der Waals surface area contributed by atoms with Gasteiger partial charge in [0, 0.05) is 29.0 Å². The molecule has 142 valence electrons. The first-order chi connectivity index (χ1) is 13.3. The summed E-state index contributed by atoms with van der Waals surface area (Å²) in [6.07, 6.45) is 5.00. The number of anilines is 1. The number of primary amides is 1. The fourth-order valence-electron chi connectivity index (χ4n) is 2.49. The molecule has 2 amide bonds. The Morgan fingerprint density at radius 2 is 1.93 bits per heavy atom. The number of thiazole rings is 1. The van der Waals surface area contributed by atoms with Crippen LogP contribution in [0.1, 0.15) is 29.1 Å². The second-order valence-corrected chi connectivity index (χ2v) is 7.47. The second-order valence-electron chi connectivity index (χ2n) is 6.23. The lowest BCUT2D eigenvalue weighted by Gasteiger charge is -2.12. The number of nitrogens with zero attached hydrogens (tertiary/aromatic N) is 3. The Labute approximate surface area is 166 Å². The van der Waals surface area contributed by atoms with E-state index in [9.17, 15) is 9.59 Å². The third kappa shape index (κ3) is 4.29. The maximum atomic E-state index is 12.5. The monoisotopic (exact) mass is 393 g/mol. The molecule has 0 aliphatic carbocycles. The van der Waals surface area contributed by atoms with Crippen LogP contribution < -0.4 is 11.1 Å². The third-order valence-electron chi connectivity index (χ3n) is 4.17. The van der Waals surface area contributed by atoms with Gasteiger partial charge in [-0.15, -0.1) is 11.3 Å². The fraction of sp³-hybridized carbons (Fsp3) is 0.150. The smallest absolute Gasteiger partial charge is 0.250 e. The Kier molecular flexibility index (Phi) is 5.60. The normalized spacial score (nSPS) is 11.6. The minimum Gasteiger partial charge on any atom is -0.366 e. The van der Waals surface area contributed by atoms with Gasteiger partial charge in [0.05, 0.1) is 22.9 Å². The Bertz CT molecular complexity index is 1040. The number of nitrogens with two attached hydrogens (primary N) is 1. The molecule has 3 heterocycles. The molecule has 0 aliphatic heterocycles. The van der Waals surface area contributed by atoms with Crippen molar-refractivity contribution in [3.05, 3.63) is 65.7 Å². The summed E-state index contributed by atoms with van der Waals surface area (Å²) < 4.78 is 0. The molecule has 28 heavy (non-hydrogen) atoms. The lowest BCUT2D eigenvalue weighted by molar-refractivity contribution is -0.117. The SMILES string of the molecule is C=C(C(N)=O)c1ccc(-c2ccnc(C(C)C(=O)Nc3ncc(C)s3)c2)cn1. The quantitative estimate of drug-likeness (QED) is 0.625. The summed E-state index contributed by atoms with van der Waals surface area (Å²) in [4.78, 5) is 37.4. The van der Waals surface area contributed by atoms with E-state index in [2.05, 4.69) is 26.8 Å². The van der Waals surface area contributed by atoms with Crippen LogP contribution in [0.2, 0.25) is 0 Å². The van der Waals surface area contributed by atoms with E-state index in [0.717, 1.165) is 16.0 Å². The van der Waals surface area contributed by atoms with E-state index in [1.54, 1.807) is 31.6 Å². The summed E-state index contributed by atoms with van der Waals surface area (Å²) in [6, 6.07) is 7.18. The van der Waals surface area contributed by atoms with Crippen molar-refractivity contribution in [3.8, 4) is 11.1 Å². The Morgan fingerprint density at radius 1 is 1.14 bits per heavy atom. The van der Waals surface area contributed by atoms with E-state index in [1.807, 2.05) is 25.1 Å². The molecular weight excluding hydrogens is 374 g/mol. The standard InChI is InChI=1S/C20H19N5O2S/c1-11-9-24-20(28-11)25-19(27)13(3)17-8-14(6-7-22-17)15-4-5-16(23-10-15)12(2)18(21)26/h4-10,13H,2H2,1,3H3,(H2,21,26)(H,24,25,27). The average molecular weight is 393 g/mol. The molecule has 0 spiro atoms. The lowest BCUT2D eigenvalue weighted by atomic mass is 10.0. The van der Waals surface area contributed by atoms with Gasteiger partial charge in [0.25, 0.3) is 0 Å². The Hall–Kier alpha value is -3.39. The molecule has 1 atom stereocenters. The van der Waals surface area contributed by atoms with Crippen molar-refractivity contribution in [2.75, 3.05) is 5.32 Å². The molecule has 8 heteroatoms. The fourth-order valence-corrected chi connectivity index (χ4v) is 3.16. The van der Waals surface area contributed by atoms with E-state index in [-0.39, 0.29) is 11.5 Å². The summed E-state index contributed by atoms with van der Waals surface area (Å²) in [6.45, 7) is 7.35. The maximum Gasteiger partial charge on any atom is 0.250 e. The van der Waals surface area contributed by atoms with Crippen molar-refractivity contribution in [1.82, 2.24) is 15.0 Å². The van der Waals surface area contributed by atoms with Gasteiger partial charge in [-0.3, -0.25) is 19.6 Å². The zero-order chi connectivity index (χ0) is 20.3. The molecule has 3 aromatic rings. The molecule has 3 rings (SSSR count). The summed E-state index contributed by atoms with van der Waals surface area (Å²) in [5, 5.41) is 3.38. The van der Waals surface area contributed by atoms with Crippen LogP contribution >= 0.6 is 11.3 Å². The van der Waals surface area contributed by atoms with Crippen LogP contribution in [0.25, 0.3) is 16.7 Å². The number of aryl methyl sites for hydroxylation is 1. The van der Waals surface area contributed by atoms with Gasteiger partial charge in [0.15, 0.2) is 5.13 Å². The van der Waals surface area contributed by atoms with E-state index >= 15 is 0 Å². The zero-order valence-corrected chi connectivity index (χ0v) is 16.3. The summed E-state index contributed by atoms with van der Waals surface area (Å²) in [7, 11) is 0. The van der Waals surface area contributed by atoms with Crippen molar-refractivity contribution < 1.29 is 9.59 Å². The maximum absolute atomic E-state index is 12.5. The van der Waals surface area contributed by atoms with Crippen molar-refractivity contribution in [3.63, 3.8) is 0 Å². The highest BCUT2D eigenvalue weighted by Gasteiger charge is 2.18. The molecule has 3 N–H and O–H groups in total. The van der Waals surface area contributed by atoms with Gasteiger partial charge in [-0.1, -0.05) is 12.6 Å². The van der Waals surface area contributed by atoms with Crippen molar-refractivity contribution in [2.24, 2.45) is 5.73 Å². The van der Waals surface area contributed by atoms with Crippen molar-refractivity contribution in [1.29, 1.82) is 0 Å². The van der Waals surface area contributed by atoms with Crippen molar-refractivity contribution >= 4 is 33.9 Å². The zero-order valence-electron chi connectivity index (χ0n) is 15.5. The molecule has 0 radical (unpaired) electrons. The van der Waals surface area contributed by atoms with Gasteiger partial charge in [0.1, 0.15) is 0 Å². The first-order valence-electron chi connectivity index (χ1n) is 8.50. The molecule has 3 aromatic heterocycles. The number of rotatable bonds is 6. The van der Waals surface area contributed by atoms with Crippen LogP contribution in [0.4, 0.5) is 5.13 Å². The average Bonchev–Trinajstić information content (AvgIpc) is 3.11. The van der Waals surface area contributed by atoms with Crippen molar-refractivity contribution in [2.45, 2.75) is 19.8 Å². The molecule has 0 saturated heterocycles. The topological polar surface area (TPSA) is 111 Å². The summed E-state index contributed by atoms with van der Waals surface area (Å²) in [5.74, 6) is -1.24. The van der Waals surface area contributed by atoms with Gasteiger partial charge >= 0.3 is 0 Å². The van der Waals surface area contributed by atoms with Gasteiger partial charge in [-0.25, -0.2) is 4.98 Å². The number of amides is 2. The summed E-state index contributed by atoms with van der Waals surface area (Å²) >= 11 is 1.42. The minimum absolute atomic E-state index is 0.157. The molecule has 0 saturated carbocycles. The van der Waals surface area contributed by atoms with Crippen LogP contribution in [0.3, 0.4) is 0 Å². The van der Waals surface area contributed by atoms with Crippen LogP contribution in [0, 0.1) is 6.92 Å². The number of hydrogen-bond donors (Lipinski definition) is 2. The number of carbonyl (C=O) groups excluding carboxylic acids is 2. The Morgan fingerprint density at radius 3 is 2.54 bits per heavy atom. The highest BCUT2D eigenvalue weighted by atomic mass is 32.1. The molecule has 0 aromatic carbocycles. The van der Waals surface area contributed by atoms with Gasteiger partial charge in [-0.2, -0.15) is 0 Å². The van der Waals surface area contributed by atoms with Gasteiger partial charge in [0.2, 0.25) is 11.8 Å². The number of carbonyl (C=O) groups is 2. The first kappa shape index (κ1) is 19.4. The number of aromatic nitrogens is 3. The van der Waals surface area contributed by atoms with Gasteiger partial charge < -0.3 is 11.1 Å². The molecule has 0 aliphatic rings. The molecule has 0 bridgehead atoms. The minimum atomic E-state index is -0.610. The number of nitrogens with one attached hydrogen (secondary N) is 1. The van der Waals surface area contributed by atoms with Crippen LogP contribution in [0.5, 0.6) is 0 Å². The number of hydrogen-bond acceptors (Lipinski definition) is 6. The predicted octanol–water partition coefficient (Wildman–Crippen LogP) is 3.15. The van der Waals surface area contributed by atoms with E-state index in [4.69, 9.17) is 5.73 Å². The third-order valence-corrected chi connectivity index (χ3v) is 5.00. The van der Waals surface area contributed by atoms with Crippen LogP contribution in [0.15, 0.2) is 49.4 Å². The van der Waals surface area contributed by atoms with Crippen LogP contribution in [-0.2, 0) is 9.59 Å². The highest BCUT2D eigenvalue weighted by molar-refractivity contribution is 7.15. The van der Waals surface area contributed by atoms with E-state index in [0.29, 0.717) is 16.5 Å². The van der Waals surface area contributed by atoms with E-state index in [1.165, 1.54) is 11.3 Å². The lowest BCUT2D eigenvalue weighted by Crippen LogP contribution is -2.19. The first-order valence-corrected chi connectivity index (χ1v) is 9.31. The molecule has 0 fully saturated rings. The van der Waals surface area contributed by atoms with Crippen LogP contribution in [-0.4, -0.2) is 26.8 Å². The largest absolute Gasteiger partial charge is 0.366 e. The predicted molar refractivity (Wildman–Crippen MR) is 110 cm³/mol. The molecular formula is C20H19N5O2S. The summed E-state index contributed by atoms with van der Waals surface area (Å²) in [5.41, 5.74) is 8.13. The Balaban J connectivity index is 1.78. The highest BCUT2D eigenvalue weighted by Crippen LogP contribution is 2.25. The van der Waals surface area contributed by atoms with Gasteiger partial charge in [-0.05, 0) is 37.6 Å².